The van der Waals surface area contributed by atoms with Crippen LogP contribution in [-0.2, 0) is 10.8 Å². The summed E-state index contributed by atoms with van der Waals surface area (Å²) in [5, 5.41) is 1.47. The molecular weight excluding hydrogens is 719 g/mol. The zero-order chi connectivity index (χ0) is 40.0. The molecule has 2 aliphatic carbocycles. The number of hydrogen-bond donors (Lipinski definition) is 0. The molecule has 8 aromatic rings. The number of hydrogen-bond acceptors (Lipinski definition) is 2. The van der Waals surface area contributed by atoms with Crippen LogP contribution >= 0.6 is 0 Å². The smallest absolute Gasteiger partial charge is 0.145 e. The van der Waals surface area contributed by atoms with Crippen LogP contribution in [0.4, 0.5) is 17.1 Å². The van der Waals surface area contributed by atoms with Crippen molar-refractivity contribution in [2.24, 2.45) is 0 Å². The van der Waals surface area contributed by atoms with Gasteiger partial charge in [-0.1, -0.05) is 186 Å². The summed E-state index contributed by atoms with van der Waals surface area (Å²) in [4.78, 5) is 2.44. The molecule has 0 bridgehead atoms. The van der Waals surface area contributed by atoms with Gasteiger partial charge in [-0.2, -0.15) is 0 Å². The Bertz CT molecular complexity index is 2850. The molecule has 0 unspecified atom stereocenters. The molecule has 0 spiro atoms. The van der Waals surface area contributed by atoms with Crippen LogP contribution in [0.1, 0.15) is 49.9 Å². The van der Waals surface area contributed by atoms with Crippen LogP contribution in [-0.4, -0.2) is 8.07 Å². The monoisotopic (exact) mass is 767 g/mol. The van der Waals surface area contributed by atoms with Crippen molar-refractivity contribution in [2.45, 2.75) is 58.2 Å². The lowest BCUT2D eigenvalue weighted by Gasteiger charge is -2.30. The third-order valence-corrected chi connectivity index (χ3v) is 14.9. The highest BCUT2D eigenvalue weighted by molar-refractivity contribution is 6.88. The lowest BCUT2D eigenvalue weighted by atomic mass is 9.79. The Labute approximate surface area is 344 Å². The number of anilines is 3. The molecule has 2 aliphatic rings. The van der Waals surface area contributed by atoms with E-state index >= 15 is 0 Å². The van der Waals surface area contributed by atoms with Crippen LogP contribution in [0.3, 0.4) is 0 Å². The maximum Gasteiger partial charge on any atom is 0.145 e. The lowest BCUT2D eigenvalue weighted by Crippen LogP contribution is -2.37. The second kappa shape index (κ2) is 13.2. The van der Waals surface area contributed by atoms with Gasteiger partial charge in [-0.15, -0.1) is 0 Å². The summed E-state index contributed by atoms with van der Waals surface area (Å²) in [5.74, 6) is 1.87. The number of para-hydroxylation sites is 1. The topological polar surface area (TPSA) is 16.4 Å². The summed E-state index contributed by atoms with van der Waals surface area (Å²) in [6, 6.07) is 62.7. The Kier molecular flexibility index (Phi) is 8.23. The molecule has 3 heteroatoms. The van der Waals surface area contributed by atoms with Gasteiger partial charge in [0.1, 0.15) is 11.5 Å². The Morgan fingerprint density at radius 3 is 1.64 bits per heavy atom. The minimum Gasteiger partial charge on any atom is -0.455 e. The van der Waals surface area contributed by atoms with Crippen molar-refractivity contribution in [2.75, 3.05) is 4.90 Å². The van der Waals surface area contributed by atoms with Crippen LogP contribution < -0.4 is 10.1 Å². The largest absolute Gasteiger partial charge is 0.455 e. The quantitative estimate of drug-likeness (QED) is 0.150. The number of fused-ring (bicyclic) bond motifs is 6. The molecule has 0 aliphatic heterocycles. The molecule has 7 aromatic carbocycles. The molecule has 0 N–H and O–H groups in total. The van der Waals surface area contributed by atoms with Crippen molar-refractivity contribution in [1.82, 2.24) is 0 Å². The van der Waals surface area contributed by atoms with Crippen LogP contribution in [0.25, 0.3) is 56.0 Å². The Hall–Kier alpha value is -6.16. The number of benzene rings is 7. The van der Waals surface area contributed by atoms with E-state index in [-0.39, 0.29) is 10.8 Å². The van der Waals surface area contributed by atoms with Crippen molar-refractivity contribution in [3.63, 3.8) is 0 Å². The normalized spacial score (nSPS) is 14.4. The summed E-state index contributed by atoms with van der Waals surface area (Å²) < 4.78 is 7.26. The molecule has 0 amide bonds. The first-order valence-corrected chi connectivity index (χ1v) is 24.1. The van der Waals surface area contributed by atoms with E-state index in [0.29, 0.717) is 0 Å². The fraction of sp³-hybridized carbons (Fsp3) is 0.164. The third kappa shape index (κ3) is 5.59. The average molecular weight is 768 g/mol. The van der Waals surface area contributed by atoms with Crippen LogP contribution in [0.2, 0.25) is 19.6 Å². The fourth-order valence-electron chi connectivity index (χ4n) is 9.73. The summed E-state index contributed by atoms with van der Waals surface area (Å²) >= 11 is 0. The SMILES string of the molecule is CC1(C)c2ccccc2-c2ccc(N(c3ccc(-c4ccc([Si](C)(C)C)cc4)cc3)c3ccccc3-c3oc4c(c3-c3ccccc3)C(C)(C)c3ccccc3-4)cc21. The highest BCUT2D eigenvalue weighted by Gasteiger charge is 2.43. The summed E-state index contributed by atoms with van der Waals surface area (Å²) in [6.07, 6.45) is 0. The van der Waals surface area contributed by atoms with Crippen molar-refractivity contribution in [3.05, 3.63) is 192 Å². The fourth-order valence-corrected chi connectivity index (χ4v) is 10.9. The van der Waals surface area contributed by atoms with Crippen molar-refractivity contribution in [1.29, 1.82) is 0 Å². The highest BCUT2D eigenvalue weighted by atomic mass is 28.3. The minimum absolute atomic E-state index is 0.139. The second-order valence-electron chi connectivity index (χ2n) is 18.2. The highest BCUT2D eigenvalue weighted by Crippen LogP contribution is 2.58. The van der Waals surface area contributed by atoms with Crippen molar-refractivity contribution in [3.8, 4) is 56.0 Å². The molecular formula is C55H49NOSi. The first-order chi connectivity index (χ1) is 27.9. The lowest BCUT2D eigenvalue weighted by molar-refractivity contribution is 0.593. The van der Waals surface area contributed by atoms with Gasteiger partial charge < -0.3 is 9.32 Å². The number of nitrogens with zero attached hydrogens (tertiary/aromatic N) is 1. The molecule has 1 aromatic heterocycles. The van der Waals surface area contributed by atoms with E-state index in [1.807, 2.05) is 0 Å². The van der Waals surface area contributed by atoms with Gasteiger partial charge in [0.2, 0.25) is 0 Å². The van der Waals surface area contributed by atoms with Gasteiger partial charge in [0, 0.05) is 44.5 Å². The van der Waals surface area contributed by atoms with Crippen LogP contribution in [0, 0.1) is 0 Å². The van der Waals surface area contributed by atoms with E-state index in [9.17, 15) is 0 Å². The molecule has 58 heavy (non-hydrogen) atoms. The molecule has 284 valence electrons. The van der Waals surface area contributed by atoms with Crippen LogP contribution in [0.5, 0.6) is 0 Å². The maximum absolute atomic E-state index is 7.26. The van der Waals surface area contributed by atoms with Gasteiger partial charge in [-0.25, -0.2) is 0 Å². The van der Waals surface area contributed by atoms with Gasteiger partial charge in [-0.3, -0.25) is 0 Å². The minimum atomic E-state index is -1.39. The van der Waals surface area contributed by atoms with E-state index in [1.54, 1.807) is 0 Å². The summed E-state index contributed by atoms with van der Waals surface area (Å²) in [5.41, 5.74) is 17.8. The molecule has 0 fully saturated rings. The van der Waals surface area contributed by atoms with Crippen molar-refractivity contribution < 1.29 is 4.42 Å². The van der Waals surface area contributed by atoms with E-state index in [1.165, 1.54) is 55.3 Å². The molecule has 0 saturated heterocycles. The predicted octanol–water partition coefficient (Wildman–Crippen LogP) is 14.9. The van der Waals surface area contributed by atoms with E-state index in [4.69, 9.17) is 4.42 Å². The van der Waals surface area contributed by atoms with Gasteiger partial charge >= 0.3 is 0 Å². The summed E-state index contributed by atoms with van der Waals surface area (Å²) in [6.45, 7) is 16.6. The first kappa shape index (κ1) is 36.2. The first-order valence-electron chi connectivity index (χ1n) is 20.6. The molecule has 0 saturated carbocycles. The van der Waals surface area contributed by atoms with E-state index in [0.717, 1.165) is 45.3 Å². The van der Waals surface area contributed by atoms with Gasteiger partial charge in [-0.05, 0) is 80.9 Å². The van der Waals surface area contributed by atoms with Gasteiger partial charge in [0.05, 0.1) is 13.8 Å². The van der Waals surface area contributed by atoms with Gasteiger partial charge in [0.15, 0.2) is 0 Å². The summed E-state index contributed by atoms with van der Waals surface area (Å²) in [7, 11) is -1.39. The Morgan fingerprint density at radius 1 is 0.431 bits per heavy atom. The van der Waals surface area contributed by atoms with E-state index in [2.05, 4.69) is 222 Å². The molecule has 2 nitrogen and oxygen atoms in total. The van der Waals surface area contributed by atoms with Crippen LogP contribution in [0.15, 0.2) is 174 Å². The standard InChI is InChI=1S/C55H49NOSi/c1-54(2)46-22-14-11-19-42(46)43-34-31-40(35-48(43)54)56(39-29-25-36(26-30-39)37-27-32-41(33-28-37)58(5,6)7)49-24-16-13-21-45(49)52-50(38-17-9-8-10-18-38)51-53(57-52)44-20-12-15-23-47(44)55(51,3)4/h8-35H,1-7H3. The van der Waals surface area contributed by atoms with Gasteiger partial charge in [0.25, 0.3) is 0 Å². The number of furan rings is 1. The van der Waals surface area contributed by atoms with Crippen molar-refractivity contribution >= 4 is 30.3 Å². The van der Waals surface area contributed by atoms with E-state index < -0.39 is 8.07 Å². The molecule has 1 heterocycles. The zero-order valence-electron chi connectivity index (χ0n) is 34.5. The Morgan fingerprint density at radius 2 is 0.966 bits per heavy atom. The average Bonchev–Trinajstić information content (AvgIpc) is 3.83. The molecule has 0 atom stereocenters. The predicted molar refractivity (Wildman–Crippen MR) is 248 cm³/mol. The molecule has 10 rings (SSSR count). The zero-order valence-corrected chi connectivity index (χ0v) is 35.5. The molecule has 0 radical (unpaired) electrons. The second-order valence-corrected chi connectivity index (χ2v) is 23.3. The number of rotatable bonds is 7. The maximum atomic E-state index is 7.26. The Balaban J connectivity index is 1.18. The third-order valence-electron chi connectivity index (χ3n) is 12.9.